The zero-order valence-electron chi connectivity index (χ0n) is 11.6. The lowest BCUT2D eigenvalue weighted by molar-refractivity contribution is -0.118. The highest BCUT2D eigenvalue weighted by Crippen LogP contribution is 2.27. The molecule has 1 heterocycles. The number of carbonyl (C=O) groups is 1. The van der Waals surface area contributed by atoms with Gasteiger partial charge in [-0.15, -0.1) is 0 Å². The molecule has 1 amide bonds. The molecule has 1 fully saturated rings. The Kier molecular flexibility index (Phi) is 4.77. The summed E-state index contributed by atoms with van der Waals surface area (Å²) >= 11 is 0. The molecular weight excluding hydrogens is 238 g/mol. The minimum absolute atomic E-state index is 0.164. The van der Waals surface area contributed by atoms with Crippen LogP contribution in [0, 0.1) is 5.92 Å². The molecule has 1 aromatic rings. The number of nitrogen functional groups attached to an aromatic ring is 1. The van der Waals surface area contributed by atoms with E-state index in [2.05, 4.69) is 4.98 Å². The van der Waals surface area contributed by atoms with Crippen molar-refractivity contribution in [3.8, 4) is 0 Å². The molecule has 104 valence electrons. The predicted octanol–water partition coefficient (Wildman–Crippen LogP) is 2.99. The average molecular weight is 261 g/mol. The molecule has 0 aromatic carbocycles. The zero-order chi connectivity index (χ0) is 13.7. The number of aromatic nitrogens is 1. The van der Waals surface area contributed by atoms with Crippen LogP contribution in [0.15, 0.2) is 18.3 Å². The first kappa shape index (κ1) is 13.8. The van der Waals surface area contributed by atoms with Gasteiger partial charge < -0.3 is 10.6 Å². The molecule has 0 radical (unpaired) electrons. The molecule has 1 aliphatic rings. The van der Waals surface area contributed by atoms with Crippen molar-refractivity contribution in [2.24, 2.45) is 5.92 Å². The van der Waals surface area contributed by atoms with E-state index < -0.39 is 0 Å². The summed E-state index contributed by atoms with van der Waals surface area (Å²) in [6.45, 7) is 0. The van der Waals surface area contributed by atoms with Crippen LogP contribution in [0.3, 0.4) is 0 Å². The third-order valence-electron chi connectivity index (χ3n) is 4.02. The van der Waals surface area contributed by atoms with Crippen molar-refractivity contribution >= 4 is 17.4 Å². The van der Waals surface area contributed by atoms with Gasteiger partial charge in [-0.25, -0.2) is 4.98 Å². The van der Waals surface area contributed by atoms with Gasteiger partial charge in [0.2, 0.25) is 5.91 Å². The summed E-state index contributed by atoms with van der Waals surface area (Å²) in [6, 6.07) is 3.56. The number of anilines is 2. The van der Waals surface area contributed by atoms with Gasteiger partial charge in [0.15, 0.2) is 0 Å². The number of hydrogen-bond donors (Lipinski definition) is 1. The van der Waals surface area contributed by atoms with Gasteiger partial charge in [-0.3, -0.25) is 4.79 Å². The number of hydrogen-bond acceptors (Lipinski definition) is 3. The van der Waals surface area contributed by atoms with E-state index in [1.54, 1.807) is 24.2 Å². The molecule has 4 nitrogen and oxygen atoms in total. The van der Waals surface area contributed by atoms with Crippen molar-refractivity contribution in [3.05, 3.63) is 18.3 Å². The molecule has 1 saturated carbocycles. The highest BCUT2D eigenvalue weighted by Gasteiger charge is 2.17. The first-order valence-electron chi connectivity index (χ1n) is 7.15. The number of carbonyl (C=O) groups excluding carboxylic acids is 1. The fourth-order valence-corrected chi connectivity index (χ4v) is 2.71. The van der Waals surface area contributed by atoms with Crippen molar-refractivity contribution in [2.45, 2.75) is 44.9 Å². The summed E-state index contributed by atoms with van der Waals surface area (Å²) in [5.74, 6) is 1.39. The van der Waals surface area contributed by atoms with Crippen LogP contribution in [0.25, 0.3) is 0 Å². The third-order valence-corrected chi connectivity index (χ3v) is 4.02. The van der Waals surface area contributed by atoms with E-state index >= 15 is 0 Å². The lowest BCUT2D eigenvalue weighted by atomic mass is 9.86. The molecule has 4 heteroatoms. The Morgan fingerprint density at radius 2 is 2.11 bits per heavy atom. The minimum atomic E-state index is 0.164. The molecule has 0 unspecified atom stereocenters. The van der Waals surface area contributed by atoms with Gasteiger partial charge in [0.25, 0.3) is 0 Å². The summed E-state index contributed by atoms with van der Waals surface area (Å²) < 4.78 is 0. The van der Waals surface area contributed by atoms with E-state index in [4.69, 9.17) is 5.73 Å². The van der Waals surface area contributed by atoms with Gasteiger partial charge in [0, 0.05) is 13.5 Å². The second-order valence-corrected chi connectivity index (χ2v) is 5.44. The number of amides is 1. The van der Waals surface area contributed by atoms with Crippen LogP contribution in [0.1, 0.15) is 44.9 Å². The molecular formula is C15H23N3O. The molecule has 19 heavy (non-hydrogen) atoms. The normalized spacial score (nSPS) is 16.3. The van der Waals surface area contributed by atoms with Crippen molar-refractivity contribution in [3.63, 3.8) is 0 Å². The Labute approximate surface area is 115 Å². The third kappa shape index (κ3) is 3.94. The topological polar surface area (TPSA) is 59.2 Å². The molecule has 2 rings (SSSR count). The van der Waals surface area contributed by atoms with Crippen LogP contribution in [-0.2, 0) is 4.79 Å². The summed E-state index contributed by atoms with van der Waals surface area (Å²) in [6.07, 6.45) is 9.90. The molecule has 0 atom stereocenters. The second-order valence-electron chi connectivity index (χ2n) is 5.44. The van der Waals surface area contributed by atoms with Crippen molar-refractivity contribution in [1.82, 2.24) is 4.98 Å². The number of rotatable bonds is 4. The first-order valence-corrected chi connectivity index (χ1v) is 7.15. The molecule has 1 aromatic heterocycles. The van der Waals surface area contributed by atoms with E-state index in [-0.39, 0.29) is 5.91 Å². The van der Waals surface area contributed by atoms with Gasteiger partial charge in [-0.1, -0.05) is 32.1 Å². The maximum atomic E-state index is 12.1. The predicted molar refractivity (Wildman–Crippen MR) is 77.9 cm³/mol. The van der Waals surface area contributed by atoms with Crippen molar-refractivity contribution in [2.75, 3.05) is 17.7 Å². The van der Waals surface area contributed by atoms with Crippen LogP contribution in [0.4, 0.5) is 11.5 Å². The smallest absolute Gasteiger partial charge is 0.226 e. The average Bonchev–Trinajstić information content (AvgIpc) is 2.46. The Bertz CT molecular complexity index is 410. The lowest BCUT2D eigenvalue weighted by Gasteiger charge is -2.23. The molecule has 2 N–H and O–H groups in total. The Morgan fingerprint density at radius 3 is 2.74 bits per heavy atom. The van der Waals surface area contributed by atoms with Crippen LogP contribution >= 0.6 is 0 Å². The van der Waals surface area contributed by atoms with Crippen molar-refractivity contribution in [1.29, 1.82) is 0 Å². The Morgan fingerprint density at radius 1 is 1.37 bits per heavy atom. The maximum Gasteiger partial charge on any atom is 0.226 e. The molecule has 0 saturated heterocycles. The fraction of sp³-hybridized carbons (Fsp3) is 0.600. The molecule has 0 aliphatic heterocycles. The Balaban J connectivity index is 1.83. The van der Waals surface area contributed by atoms with E-state index in [1.165, 1.54) is 32.1 Å². The largest absolute Gasteiger partial charge is 0.384 e. The number of pyridine rings is 1. The van der Waals surface area contributed by atoms with E-state index in [0.717, 1.165) is 18.0 Å². The zero-order valence-corrected chi connectivity index (χ0v) is 11.6. The fourth-order valence-electron chi connectivity index (χ4n) is 2.71. The van der Waals surface area contributed by atoms with Gasteiger partial charge in [0.1, 0.15) is 5.82 Å². The molecule has 0 bridgehead atoms. The van der Waals surface area contributed by atoms with Gasteiger partial charge >= 0.3 is 0 Å². The van der Waals surface area contributed by atoms with Crippen molar-refractivity contribution < 1.29 is 4.79 Å². The lowest BCUT2D eigenvalue weighted by Crippen LogP contribution is -2.26. The van der Waals surface area contributed by atoms with Gasteiger partial charge in [-0.05, 0) is 24.5 Å². The van der Waals surface area contributed by atoms with Crippen LogP contribution < -0.4 is 10.6 Å². The van der Waals surface area contributed by atoms with Gasteiger partial charge in [-0.2, -0.15) is 0 Å². The van der Waals surface area contributed by atoms with Crippen LogP contribution in [0.5, 0.6) is 0 Å². The number of nitrogens with two attached hydrogens (primary N) is 1. The molecule has 0 spiro atoms. The second kappa shape index (κ2) is 6.55. The Hall–Kier alpha value is -1.58. The van der Waals surface area contributed by atoms with E-state index in [0.29, 0.717) is 12.2 Å². The maximum absolute atomic E-state index is 12.1. The quantitative estimate of drug-likeness (QED) is 0.906. The summed E-state index contributed by atoms with van der Waals surface area (Å²) in [4.78, 5) is 17.8. The standard InChI is InChI=1S/C15H23N3O/c1-18(13-8-9-14(16)17-11-13)15(19)10-7-12-5-3-2-4-6-12/h8-9,11-12H,2-7,10H2,1H3,(H2,16,17). The number of nitrogens with zero attached hydrogens (tertiary/aromatic N) is 2. The monoisotopic (exact) mass is 261 g/mol. The highest BCUT2D eigenvalue weighted by atomic mass is 16.2. The summed E-state index contributed by atoms with van der Waals surface area (Å²) in [5.41, 5.74) is 6.35. The van der Waals surface area contributed by atoms with E-state index in [9.17, 15) is 4.79 Å². The van der Waals surface area contributed by atoms with Crippen LogP contribution in [0.2, 0.25) is 0 Å². The highest BCUT2D eigenvalue weighted by molar-refractivity contribution is 5.92. The molecule has 1 aliphatic carbocycles. The SMILES string of the molecule is CN(C(=O)CCC1CCCCC1)c1ccc(N)nc1. The van der Waals surface area contributed by atoms with Gasteiger partial charge in [0.05, 0.1) is 11.9 Å². The summed E-state index contributed by atoms with van der Waals surface area (Å²) in [7, 11) is 1.80. The summed E-state index contributed by atoms with van der Waals surface area (Å²) in [5, 5.41) is 0. The van der Waals surface area contributed by atoms with Crippen LogP contribution in [-0.4, -0.2) is 17.9 Å². The minimum Gasteiger partial charge on any atom is -0.384 e. The van der Waals surface area contributed by atoms with E-state index in [1.807, 2.05) is 6.07 Å². The first-order chi connectivity index (χ1) is 9.16.